The van der Waals surface area contributed by atoms with E-state index in [2.05, 4.69) is 95.6 Å². The van der Waals surface area contributed by atoms with Crippen LogP contribution in [0.25, 0.3) is 22.3 Å². The minimum absolute atomic E-state index is 0.0846. The third-order valence-corrected chi connectivity index (χ3v) is 12.2. The Morgan fingerprint density at radius 2 is 0.771 bits per heavy atom. The highest BCUT2D eigenvalue weighted by Crippen LogP contribution is 2.47. The second-order valence-corrected chi connectivity index (χ2v) is 16.6. The molecule has 0 saturated carbocycles. The fourth-order valence-electron chi connectivity index (χ4n) is 9.09. The number of aliphatic imine (C=N–C) groups is 4. The van der Waals surface area contributed by atoms with E-state index in [4.69, 9.17) is 38.9 Å². The van der Waals surface area contributed by atoms with Crippen molar-refractivity contribution < 1.29 is 29.2 Å². The molecule has 12 heteroatoms. The van der Waals surface area contributed by atoms with Crippen LogP contribution in [-0.4, -0.2) is 85.9 Å². The first-order valence-corrected chi connectivity index (χ1v) is 23.3. The number of rotatable bonds is 16. The van der Waals surface area contributed by atoms with Crippen LogP contribution in [-0.2, 0) is 9.47 Å². The lowest BCUT2D eigenvalue weighted by atomic mass is 9.95. The second-order valence-electron chi connectivity index (χ2n) is 16.6. The molecule has 346 valence electrons. The molecular weight excluding hydrogens is 877 g/mol. The van der Waals surface area contributed by atoms with E-state index in [1.165, 1.54) is 0 Å². The minimum Gasteiger partial charge on any atom is -0.487 e. The summed E-state index contributed by atoms with van der Waals surface area (Å²) in [5.41, 5.74) is 16.2. The molecule has 0 spiro atoms. The van der Waals surface area contributed by atoms with Gasteiger partial charge in [-0.1, -0.05) is 121 Å². The smallest absolute Gasteiger partial charge is 0.163 e. The molecule has 0 unspecified atom stereocenters. The molecule has 4 N–H and O–H groups in total. The molecule has 6 aliphatic heterocycles. The van der Waals surface area contributed by atoms with Crippen molar-refractivity contribution in [2.45, 2.75) is 0 Å². The van der Waals surface area contributed by atoms with Gasteiger partial charge in [-0.3, -0.25) is 0 Å². The van der Waals surface area contributed by atoms with Gasteiger partial charge in [0.05, 0.1) is 108 Å². The van der Waals surface area contributed by atoms with E-state index >= 15 is 0 Å². The molecule has 8 bridgehead atoms. The van der Waals surface area contributed by atoms with Gasteiger partial charge in [-0.2, -0.15) is 0 Å². The van der Waals surface area contributed by atoms with E-state index in [-0.39, 0.29) is 52.9 Å². The highest BCUT2D eigenvalue weighted by molar-refractivity contribution is 6.41. The van der Waals surface area contributed by atoms with Crippen molar-refractivity contribution >= 4 is 56.5 Å². The Balaban J connectivity index is 1.16. The molecule has 0 aliphatic carbocycles. The van der Waals surface area contributed by atoms with Gasteiger partial charge in [0.2, 0.25) is 0 Å². The zero-order valence-electron chi connectivity index (χ0n) is 38.1. The number of benzene rings is 5. The predicted octanol–water partition coefficient (Wildman–Crippen LogP) is 9.66. The molecule has 12 nitrogen and oxygen atoms in total. The predicted molar refractivity (Wildman–Crippen MR) is 278 cm³/mol. The fraction of sp³-hybridized carbons (Fsp3) is 0.138. The molecule has 0 fully saturated rings. The van der Waals surface area contributed by atoms with Gasteiger partial charge in [-0.05, 0) is 58.7 Å². The Hall–Kier alpha value is -8.26. The number of allylic oxidation sites excluding steroid dienone is 10. The number of nitrogens with zero attached hydrogens (tertiary/aromatic N) is 4. The Morgan fingerprint density at radius 3 is 1.21 bits per heavy atom. The van der Waals surface area contributed by atoms with Crippen LogP contribution in [0.3, 0.4) is 0 Å². The molecule has 6 heterocycles. The third kappa shape index (κ3) is 8.84. The first-order chi connectivity index (χ1) is 34.6. The van der Waals surface area contributed by atoms with E-state index in [1.807, 2.05) is 84.9 Å². The van der Waals surface area contributed by atoms with Gasteiger partial charge < -0.3 is 39.8 Å². The standard InChI is InChI=1S/C58H48N6O6/c65-27-29-67-31-33-69-49-35-47-48(36-50(49)70-34-32-68-30-28-66)63-58-56-54(40-19-11-4-12-20-40)46-26-24-44(61-46)52(38-15-7-2-8-16-38)42-22-21-41(59-42)51(37-13-5-1-6-14-37)43-23-25-45(60-43)53(39-17-9-3-10-18-39)55(64-56)57(58)62-47/h1-26,35-36,62-63,65-66H,27-34H2. The highest BCUT2D eigenvalue weighted by atomic mass is 16.6. The summed E-state index contributed by atoms with van der Waals surface area (Å²) in [5, 5.41) is 26.2. The summed E-state index contributed by atoms with van der Waals surface area (Å²) in [6.45, 7) is 1.21. The summed E-state index contributed by atoms with van der Waals surface area (Å²) in [5.74, 6) is 0.965. The Morgan fingerprint density at radius 1 is 0.386 bits per heavy atom. The molecule has 6 aliphatic rings. The third-order valence-electron chi connectivity index (χ3n) is 12.2. The van der Waals surface area contributed by atoms with Crippen LogP contribution in [0.5, 0.6) is 11.5 Å². The topological polar surface area (TPSA) is 151 Å². The lowest BCUT2D eigenvalue weighted by molar-refractivity contribution is 0.0645. The average Bonchev–Trinajstić information content (AvgIpc) is 4.25. The minimum atomic E-state index is -0.0846. The van der Waals surface area contributed by atoms with E-state index in [1.54, 1.807) is 0 Å². The SMILES string of the molecule is OCCOCCOc1cc2c(cc1OCCOCCO)NC1=C(N2)C2=NC1=C(c1ccccc1)C1=NC(=C(c3ccccc3)C3=NC(=C(c4ccccc4)C4=NC(=C2c2ccccc2)C=C4)C=C3)C=C1. The normalized spacial score (nSPS) is 16.5. The largest absolute Gasteiger partial charge is 0.487 e. The maximum atomic E-state index is 9.29. The summed E-state index contributed by atoms with van der Waals surface area (Å²) in [6.07, 6.45) is 12.4. The second kappa shape index (κ2) is 20.1. The van der Waals surface area contributed by atoms with Crippen molar-refractivity contribution in [1.82, 2.24) is 0 Å². The molecule has 5 aromatic carbocycles. The number of fused-ring (bicyclic) bond motifs is 7. The molecule has 0 saturated heterocycles. The monoisotopic (exact) mass is 924 g/mol. The summed E-state index contributed by atoms with van der Waals surface area (Å²) in [4.78, 5) is 22.1. The van der Waals surface area contributed by atoms with Gasteiger partial charge in [0, 0.05) is 34.4 Å². The van der Waals surface area contributed by atoms with E-state index in [0.717, 1.165) is 102 Å². The molecule has 0 radical (unpaired) electrons. The number of aliphatic hydroxyl groups excluding tert-OH is 2. The molecule has 0 aromatic heterocycles. The summed E-state index contributed by atoms with van der Waals surface area (Å²) in [7, 11) is 0. The van der Waals surface area contributed by atoms with Crippen LogP contribution in [0.15, 0.2) is 224 Å². The Labute approximate surface area is 405 Å². The van der Waals surface area contributed by atoms with Crippen molar-refractivity contribution in [1.29, 1.82) is 0 Å². The Bertz CT molecular complexity index is 3250. The van der Waals surface area contributed by atoms with E-state index in [0.29, 0.717) is 22.9 Å². The number of hydrogen-bond donors (Lipinski definition) is 4. The number of aliphatic hydroxyl groups is 2. The lowest BCUT2D eigenvalue weighted by Crippen LogP contribution is -2.21. The van der Waals surface area contributed by atoms with Crippen molar-refractivity contribution in [3.63, 3.8) is 0 Å². The van der Waals surface area contributed by atoms with E-state index < -0.39 is 0 Å². The van der Waals surface area contributed by atoms with E-state index in [9.17, 15) is 10.2 Å². The summed E-state index contributed by atoms with van der Waals surface area (Å²) < 4.78 is 23.7. The molecule has 11 rings (SSSR count). The van der Waals surface area contributed by atoms with Crippen molar-refractivity contribution in [2.24, 2.45) is 20.0 Å². The number of ether oxygens (including phenoxy) is 4. The fourth-order valence-corrected chi connectivity index (χ4v) is 9.09. The number of hydrogen-bond acceptors (Lipinski definition) is 12. The van der Waals surface area contributed by atoms with Crippen LogP contribution in [0, 0.1) is 0 Å². The van der Waals surface area contributed by atoms with Crippen molar-refractivity contribution in [3.05, 3.63) is 226 Å². The molecule has 0 amide bonds. The lowest BCUT2D eigenvalue weighted by Gasteiger charge is -2.26. The van der Waals surface area contributed by atoms with Gasteiger partial charge in [0.15, 0.2) is 11.5 Å². The van der Waals surface area contributed by atoms with Crippen LogP contribution in [0.4, 0.5) is 11.4 Å². The van der Waals surface area contributed by atoms with Gasteiger partial charge in [-0.25, -0.2) is 20.0 Å². The van der Waals surface area contributed by atoms with Gasteiger partial charge >= 0.3 is 0 Å². The summed E-state index contributed by atoms with van der Waals surface area (Å²) in [6, 6.07) is 44.9. The number of anilines is 2. The van der Waals surface area contributed by atoms with Gasteiger partial charge in [0.1, 0.15) is 13.2 Å². The highest BCUT2D eigenvalue weighted by Gasteiger charge is 2.37. The van der Waals surface area contributed by atoms with Crippen molar-refractivity contribution in [2.75, 3.05) is 63.5 Å². The summed E-state index contributed by atoms with van der Waals surface area (Å²) >= 11 is 0. The zero-order valence-corrected chi connectivity index (χ0v) is 38.1. The molecule has 5 aromatic rings. The molecular formula is C58H48N6O6. The van der Waals surface area contributed by atoms with Crippen LogP contribution in [0.1, 0.15) is 22.3 Å². The van der Waals surface area contributed by atoms with Crippen LogP contribution >= 0.6 is 0 Å². The molecule has 70 heavy (non-hydrogen) atoms. The number of nitrogens with one attached hydrogen (secondary N) is 2. The maximum absolute atomic E-state index is 9.29. The zero-order chi connectivity index (χ0) is 47.2. The van der Waals surface area contributed by atoms with Gasteiger partial charge in [-0.15, -0.1) is 0 Å². The molecule has 0 atom stereocenters. The quantitative estimate of drug-likeness (QED) is 0.0715. The maximum Gasteiger partial charge on any atom is 0.163 e. The Kier molecular flexibility index (Phi) is 12.7. The first-order valence-electron chi connectivity index (χ1n) is 23.3. The van der Waals surface area contributed by atoms with Crippen LogP contribution < -0.4 is 20.1 Å². The first kappa shape index (κ1) is 44.3. The van der Waals surface area contributed by atoms with Gasteiger partial charge in [0.25, 0.3) is 0 Å². The average molecular weight is 925 g/mol. The van der Waals surface area contributed by atoms with Crippen LogP contribution in [0.2, 0.25) is 0 Å². The van der Waals surface area contributed by atoms with Crippen molar-refractivity contribution in [3.8, 4) is 11.5 Å².